The summed E-state index contributed by atoms with van der Waals surface area (Å²) in [7, 11) is 0. The van der Waals surface area contributed by atoms with Crippen LogP contribution >= 0.6 is 0 Å². The first kappa shape index (κ1) is 21.3. The van der Waals surface area contributed by atoms with Gasteiger partial charge in [-0.05, 0) is 57.0 Å². The summed E-state index contributed by atoms with van der Waals surface area (Å²) in [4.78, 5) is 7.43. The number of hydrogen-bond donors (Lipinski definition) is 4. The van der Waals surface area contributed by atoms with E-state index in [2.05, 4.69) is 20.4 Å². The number of hydrogen-bond acceptors (Lipinski definition) is 8. The topological polar surface area (TPSA) is 126 Å². The molecule has 164 valence electrons. The average Bonchev–Trinajstić information content (AvgIpc) is 2.82. The first-order valence-electron chi connectivity index (χ1n) is 11.0. The van der Waals surface area contributed by atoms with Crippen molar-refractivity contribution in [2.75, 3.05) is 31.9 Å². The van der Waals surface area contributed by atoms with E-state index in [1.54, 1.807) is 30.5 Å². The van der Waals surface area contributed by atoms with Crippen molar-refractivity contribution in [1.29, 1.82) is 0 Å². The fourth-order valence-corrected chi connectivity index (χ4v) is 4.41. The normalized spacial score (nSPS) is 19.8. The van der Waals surface area contributed by atoms with Crippen LogP contribution in [0.15, 0.2) is 41.5 Å². The van der Waals surface area contributed by atoms with Gasteiger partial charge in [0.2, 0.25) is 0 Å². The van der Waals surface area contributed by atoms with E-state index in [-0.39, 0.29) is 17.6 Å². The monoisotopic (exact) mass is 421 g/mol. The molecular weight excluding hydrogens is 390 g/mol. The Balaban J connectivity index is 1.44. The SMILES string of the molecule is N/C=C(\C=NC1CCN(C2CCNCC2)CC1)c1cc(-c2ccccc2O)nnc1N. The molecule has 6 N–H and O–H groups in total. The van der Waals surface area contributed by atoms with Crippen molar-refractivity contribution in [2.45, 2.75) is 37.8 Å². The zero-order chi connectivity index (χ0) is 21.6. The van der Waals surface area contributed by atoms with Crippen LogP contribution in [-0.4, -0.2) is 64.7 Å². The van der Waals surface area contributed by atoms with Crippen LogP contribution in [0.5, 0.6) is 5.75 Å². The maximum Gasteiger partial charge on any atom is 0.154 e. The highest BCUT2D eigenvalue weighted by atomic mass is 16.3. The molecule has 0 spiro atoms. The Kier molecular flexibility index (Phi) is 6.79. The van der Waals surface area contributed by atoms with Crippen LogP contribution in [0.3, 0.4) is 0 Å². The predicted molar refractivity (Wildman–Crippen MR) is 125 cm³/mol. The first-order valence-corrected chi connectivity index (χ1v) is 11.0. The summed E-state index contributed by atoms with van der Waals surface area (Å²) in [6, 6.07) is 9.78. The van der Waals surface area contributed by atoms with E-state index in [1.165, 1.54) is 19.0 Å². The number of rotatable bonds is 5. The van der Waals surface area contributed by atoms with Crippen LogP contribution in [-0.2, 0) is 0 Å². The smallest absolute Gasteiger partial charge is 0.154 e. The molecular formula is C23H31N7O. The van der Waals surface area contributed by atoms with E-state index in [0.29, 0.717) is 28.4 Å². The molecule has 2 aliphatic heterocycles. The average molecular weight is 422 g/mol. The Morgan fingerprint density at radius 1 is 1.13 bits per heavy atom. The number of nitrogens with two attached hydrogens (primary N) is 2. The molecule has 0 radical (unpaired) electrons. The zero-order valence-electron chi connectivity index (χ0n) is 17.7. The van der Waals surface area contributed by atoms with E-state index in [0.717, 1.165) is 39.0 Å². The number of aromatic hydroxyl groups is 1. The number of piperidine rings is 2. The number of benzene rings is 1. The summed E-state index contributed by atoms with van der Waals surface area (Å²) in [5, 5.41) is 21.8. The molecule has 1 aromatic carbocycles. The molecule has 0 atom stereocenters. The summed E-state index contributed by atoms with van der Waals surface area (Å²) in [5.41, 5.74) is 14.5. The van der Waals surface area contributed by atoms with Gasteiger partial charge in [0, 0.05) is 48.2 Å². The molecule has 0 amide bonds. The highest BCUT2D eigenvalue weighted by molar-refractivity contribution is 6.11. The lowest BCUT2D eigenvalue weighted by molar-refractivity contribution is 0.128. The third-order valence-corrected chi connectivity index (χ3v) is 6.24. The predicted octanol–water partition coefficient (Wildman–Crippen LogP) is 2.02. The van der Waals surface area contributed by atoms with Crippen LogP contribution < -0.4 is 16.8 Å². The second-order valence-corrected chi connectivity index (χ2v) is 8.19. The van der Waals surface area contributed by atoms with Gasteiger partial charge < -0.3 is 26.8 Å². The summed E-state index contributed by atoms with van der Waals surface area (Å²) in [6.07, 6.45) is 7.86. The summed E-state index contributed by atoms with van der Waals surface area (Å²) in [5.74, 6) is 0.419. The van der Waals surface area contributed by atoms with Gasteiger partial charge in [0.1, 0.15) is 5.75 Å². The van der Waals surface area contributed by atoms with Crippen molar-refractivity contribution < 1.29 is 5.11 Å². The van der Waals surface area contributed by atoms with Gasteiger partial charge >= 0.3 is 0 Å². The molecule has 0 unspecified atom stereocenters. The van der Waals surface area contributed by atoms with Gasteiger partial charge in [-0.2, -0.15) is 0 Å². The zero-order valence-corrected chi connectivity index (χ0v) is 17.7. The van der Waals surface area contributed by atoms with Crippen LogP contribution in [0.2, 0.25) is 0 Å². The molecule has 0 bridgehead atoms. The molecule has 2 aromatic rings. The lowest BCUT2D eigenvalue weighted by Crippen LogP contribution is -2.47. The van der Waals surface area contributed by atoms with Gasteiger partial charge in [0.25, 0.3) is 0 Å². The molecule has 2 saturated heterocycles. The van der Waals surface area contributed by atoms with Gasteiger partial charge in [-0.25, -0.2) is 0 Å². The Hall–Kier alpha value is -2.97. The van der Waals surface area contributed by atoms with Crippen LogP contribution in [0.4, 0.5) is 5.82 Å². The van der Waals surface area contributed by atoms with Crippen molar-refractivity contribution in [1.82, 2.24) is 20.4 Å². The van der Waals surface area contributed by atoms with Crippen molar-refractivity contribution >= 4 is 17.6 Å². The van der Waals surface area contributed by atoms with Crippen LogP contribution in [0.25, 0.3) is 16.8 Å². The second kappa shape index (κ2) is 9.89. The maximum absolute atomic E-state index is 10.1. The van der Waals surface area contributed by atoms with Crippen molar-refractivity contribution in [3.63, 3.8) is 0 Å². The van der Waals surface area contributed by atoms with Crippen molar-refractivity contribution in [3.05, 3.63) is 42.1 Å². The Bertz CT molecular complexity index is 945. The molecule has 2 fully saturated rings. The van der Waals surface area contributed by atoms with Crippen LogP contribution in [0, 0.1) is 0 Å². The van der Waals surface area contributed by atoms with Crippen molar-refractivity contribution in [3.8, 4) is 17.0 Å². The van der Waals surface area contributed by atoms with E-state index in [1.807, 2.05) is 6.07 Å². The summed E-state index contributed by atoms with van der Waals surface area (Å²) < 4.78 is 0. The van der Waals surface area contributed by atoms with E-state index < -0.39 is 0 Å². The van der Waals surface area contributed by atoms with Gasteiger partial charge in [-0.1, -0.05) is 12.1 Å². The molecule has 8 nitrogen and oxygen atoms in total. The third-order valence-electron chi connectivity index (χ3n) is 6.24. The molecule has 3 heterocycles. The lowest BCUT2D eigenvalue weighted by Gasteiger charge is -2.38. The number of para-hydroxylation sites is 1. The molecule has 4 rings (SSSR count). The Morgan fingerprint density at radius 2 is 1.87 bits per heavy atom. The van der Waals surface area contributed by atoms with E-state index in [4.69, 9.17) is 16.5 Å². The minimum absolute atomic E-state index is 0.139. The van der Waals surface area contributed by atoms with E-state index >= 15 is 0 Å². The minimum atomic E-state index is 0.139. The summed E-state index contributed by atoms with van der Waals surface area (Å²) in [6.45, 7) is 4.42. The number of nitrogens with zero attached hydrogens (tertiary/aromatic N) is 4. The molecule has 1 aromatic heterocycles. The maximum atomic E-state index is 10.1. The first-order chi connectivity index (χ1) is 15.2. The van der Waals surface area contributed by atoms with E-state index in [9.17, 15) is 5.11 Å². The number of aliphatic imine (C=N–C) groups is 1. The van der Waals surface area contributed by atoms with Gasteiger partial charge in [-0.3, -0.25) is 4.99 Å². The van der Waals surface area contributed by atoms with Gasteiger partial charge in [-0.15, -0.1) is 10.2 Å². The second-order valence-electron chi connectivity index (χ2n) is 8.19. The number of phenols is 1. The Morgan fingerprint density at radius 3 is 2.58 bits per heavy atom. The number of nitrogen functional groups attached to an aromatic ring is 1. The number of likely N-dealkylation sites (tertiary alicyclic amines) is 1. The fourth-order valence-electron chi connectivity index (χ4n) is 4.41. The van der Waals surface area contributed by atoms with Crippen LogP contribution in [0.1, 0.15) is 31.2 Å². The number of allylic oxidation sites excluding steroid dienone is 1. The lowest BCUT2D eigenvalue weighted by atomic mass is 9.99. The molecule has 0 aliphatic carbocycles. The Labute approximate surface area is 183 Å². The quantitative estimate of drug-likeness (QED) is 0.544. The minimum Gasteiger partial charge on any atom is -0.507 e. The van der Waals surface area contributed by atoms with Gasteiger partial charge in [0.15, 0.2) is 5.82 Å². The molecule has 31 heavy (non-hydrogen) atoms. The van der Waals surface area contributed by atoms with Crippen molar-refractivity contribution in [2.24, 2.45) is 10.7 Å². The molecule has 2 aliphatic rings. The largest absolute Gasteiger partial charge is 0.507 e. The number of phenolic OH excluding ortho intramolecular Hbond substituents is 1. The fraction of sp³-hybridized carbons (Fsp3) is 0.435. The number of nitrogens with one attached hydrogen (secondary N) is 1. The molecule has 0 saturated carbocycles. The number of aromatic nitrogens is 2. The standard InChI is InChI=1S/C23H31N7O/c24-14-16(15-27-17-7-11-30(12-8-17)18-5-9-26-10-6-18)20-13-21(28-29-23(20)25)19-3-1-2-4-22(19)31/h1-4,13-15,17-18,26,31H,5-12,24H2,(H2,25,29)/b16-14+,27-15?. The third kappa shape index (κ3) is 5.03. The van der Waals surface area contributed by atoms with Gasteiger partial charge in [0.05, 0.1) is 11.7 Å². The number of anilines is 1. The highest BCUT2D eigenvalue weighted by Crippen LogP contribution is 2.30. The summed E-state index contributed by atoms with van der Waals surface area (Å²) >= 11 is 0. The molecule has 8 heteroatoms. The highest BCUT2D eigenvalue weighted by Gasteiger charge is 2.25.